The molecule has 1 unspecified atom stereocenters. The summed E-state index contributed by atoms with van der Waals surface area (Å²) in [6.45, 7) is 5.72. The van der Waals surface area contributed by atoms with Gasteiger partial charge in [0, 0.05) is 5.30 Å². The lowest BCUT2D eigenvalue weighted by molar-refractivity contribution is 0.513. The van der Waals surface area contributed by atoms with Crippen molar-refractivity contribution in [3.63, 3.8) is 0 Å². The van der Waals surface area contributed by atoms with Gasteiger partial charge in [-0.15, -0.1) is 9.24 Å². The standard InChI is InChI=1S/C7H7F2P.C2H6/c1-4-2-5(8)7(9)6(10)3-4;1-2/h2-3H,10H2,1H3;1-2H3. The van der Waals surface area contributed by atoms with Crippen LogP contribution in [0.2, 0.25) is 0 Å². The van der Waals surface area contributed by atoms with E-state index in [1.165, 1.54) is 6.07 Å². The molecule has 0 saturated heterocycles. The van der Waals surface area contributed by atoms with E-state index in [2.05, 4.69) is 9.24 Å². The smallest absolute Gasteiger partial charge is 0.165 e. The molecule has 12 heavy (non-hydrogen) atoms. The highest BCUT2D eigenvalue weighted by Gasteiger charge is 2.04. The van der Waals surface area contributed by atoms with Crippen LogP contribution >= 0.6 is 9.24 Å². The van der Waals surface area contributed by atoms with Gasteiger partial charge in [-0.1, -0.05) is 13.8 Å². The Kier molecular flexibility index (Phi) is 5.00. The quantitative estimate of drug-likeness (QED) is 0.552. The van der Waals surface area contributed by atoms with E-state index < -0.39 is 11.6 Å². The molecule has 0 aromatic heterocycles. The number of hydrogen-bond acceptors (Lipinski definition) is 0. The normalized spacial score (nSPS) is 8.83. The van der Waals surface area contributed by atoms with E-state index in [1.54, 1.807) is 13.0 Å². The zero-order valence-corrected chi connectivity index (χ0v) is 8.64. The fourth-order valence-electron chi connectivity index (χ4n) is 0.751. The van der Waals surface area contributed by atoms with Crippen molar-refractivity contribution in [2.45, 2.75) is 20.8 Å². The van der Waals surface area contributed by atoms with Crippen LogP contribution < -0.4 is 5.30 Å². The first-order valence-electron chi connectivity index (χ1n) is 3.82. The van der Waals surface area contributed by atoms with E-state index in [9.17, 15) is 8.78 Å². The van der Waals surface area contributed by atoms with Crippen LogP contribution in [0, 0.1) is 18.6 Å². The number of hydrogen-bond donors (Lipinski definition) is 0. The summed E-state index contributed by atoms with van der Waals surface area (Å²) >= 11 is 0. The summed E-state index contributed by atoms with van der Waals surface area (Å²) in [5, 5.41) is 0.275. The summed E-state index contributed by atoms with van der Waals surface area (Å²) in [5.74, 6) is -1.57. The van der Waals surface area contributed by atoms with Crippen molar-refractivity contribution in [1.82, 2.24) is 0 Å². The molecule has 0 heterocycles. The van der Waals surface area contributed by atoms with Crippen LogP contribution in [0.3, 0.4) is 0 Å². The third-order valence-corrected chi connectivity index (χ3v) is 1.62. The maximum absolute atomic E-state index is 12.5. The molecule has 0 bridgehead atoms. The molecule has 1 rings (SSSR count). The maximum atomic E-state index is 12.5. The second-order valence-corrected chi connectivity index (χ2v) is 2.77. The van der Waals surface area contributed by atoms with E-state index in [0.717, 1.165) is 5.56 Å². The summed E-state index contributed by atoms with van der Waals surface area (Å²) in [7, 11) is 2.14. The first-order valence-corrected chi connectivity index (χ1v) is 4.40. The molecular weight excluding hydrogens is 177 g/mol. The van der Waals surface area contributed by atoms with E-state index >= 15 is 0 Å². The molecule has 1 aromatic rings. The fourth-order valence-corrected chi connectivity index (χ4v) is 1.15. The maximum Gasteiger partial charge on any atom is 0.165 e. The van der Waals surface area contributed by atoms with Gasteiger partial charge in [-0.25, -0.2) is 8.78 Å². The molecule has 68 valence electrons. The topological polar surface area (TPSA) is 0 Å². The first kappa shape index (κ1) is 11.5. The predicted octanol–water partition coefficient (Wildman–Crippen LogP) is 2.80. The minimum Gasteiger partial charge on any atom is -0.204 e. The summed E-state index contributed by atoms with van der Waals surface area (Å²) in [4.78, 5) is 0. The first-order chi connectivity index (χ1) is 5.61. The van der Waals surface area contributed by atoms with E-state index in [1.807, 2.05) is 13.8 Å². The fraction of sp³-hybridized carbons (Fsp3) is 0.333. The SMILES string of the molecule is CC.Cc1cc(F)c(F)c(P)c1. The lowest BCUT2D eigenvalue weighted by atomic mass is 10.2. The van der Waals surface area contributed by atoms with Crippen LogP contribution in [0.4, 0.5) is 8.78 Å². The third-order valence-electron chi connectivity index (χ3n) is 1.20. The molecule has 0 spiro atoms. The molecule has 0 radical (unpaired) electrons. The van der Waals surface area contributed by atoms with Gasteiger partial charge in [0.1, 0.15) is 0 Å². The lowest BCUT2D eigenvalue weighted by Crippen LogP contribution is -2.02. The summed E-state index contributed by atoms with van der Waals surface area (Å²) in [6.07, 6.45) is 0. The minimum absolute atomic E-state index is 0.275. The van der Waals surface area contributed by atoms with Crippen LogP contribution in [-0.2, 0) is 0 Å². The molecule has 0 N–H and O–H groups in total. The van der Waals surface area contributed by atoms with Gasteiger partial charge in [0.2, 0.25) is 0 Å². The molecule has 1 aromatic carbocycles. The Morgan fingerprint density at radius 3 is 2.08 bits per heavy atom. The van der Waals surface area contributed by atoms with Gasteiger partial charge in [-0.05, 0) is 24.6 Å². The van der Waals surface area contributed by atoms with Gasteiger partial charge in [-0.2, -0.15) is 0 Å². The van der Waals surface area contributed by atoms with E-state index in [0.29, 0.717) is 0 Å². The van der Waals surface area contributed by atoms with Crippen LogP contribution in [0.25, 0.3) is 0 Å². The Morgan fingerprint density at radius 1 is 1.17 bits per heavy atom. The second-order valence-electron chi connectivity index (χ2n) is 2.15. The van der Waals surface area contributed by atoms with Gasteiger partial charge in [0.05, 0.1) is 0 Å². The van der Waals surface area contributed by atoms with Crippen molar-refractivity contribution in [2.24, 2.45) is 0 Å². The Labute approximate surface area is 74.2 Å². The molecule has 3 heteroatoms. The molecule has 1 atom stereocenters. The molecule has 0 saturated carbocycles. The highest BCUT2D eigenvalue weighted by molar-refractivity contribution is 7.27. The van der Waals surface area contributed by atoms with E-state index in [-0.39, 0.29) is 5.30 Å². The van der Waals surface area contributed by atoms with Crippen LogP contribution in [0.1, 0.15) is 19.4 Å². The molecule has 0 fully saturated rings. The lowest BCUT2D eigenvalue weighted by Gasteiger charge is -1.98. The third kappa shape index (κ3) is 2.86. The molecule has 0 nitrogen and oxygen atoms in total. The average molecular weight is 190 g/mol. The zero-order chi connectivity index (χ0) is 9.72. The van der Waals surface area contributed by atoms with Gasteiger partial charge < -0.3 is 0 Å². The Hall–Kier alpha value is -0.490. The number of halogens is 2. The van der Waals surface area contributed by atoms with Crippen LogP contribution in [-0.4, -0.2) is 0 Å². The van der Waals surface area contributed by atoms with Crippen LogP contribution in [0.5, 0.6) is 0 Å². The van der Waals surface area contributed by atoms with Gasteiger partial charge >= 0.3 is 0 Å². The molecular formula is C9H13F2P. The minimum atomic E-state index is -0.787. The molecule has 0 aliphatic heterocycles. The van der Waals surface area contributed by atoms with Crippen molar-refractivity contribution in [1.29, 1.82) is 0 Å². The molecule has 0 aliphatic rings. The van der Waals surface area contributed by atoms with Gasteiger partial charge in [0.25, 0.3) is 0 Å². The number of rotatable bonds is 0. The summed E-state index contributed by atoms with van der Waals surface area (Å²) in [6, 6.07) is 2.74. The van der Waals surface area contributed by atoms with Gasteiger partial charge in [0.15, 0.2) is 11.6 Å². The van der Waals surface area contributed by atoms with Crippen molar-refractivity contribution in [3.8, 4) is 0 Å². The van der Waals surface area contributed by atoms with Crippen LogP contribution in [0.15, 0.2) is 12.1 Å². The average Bonchev–Trinajstić information content (AvgIpc) is 2.04. The van der Waals surface area contributed by atoms with E-state index in [4.69, 9.17) is 0 Å². The van der Waals surface area contributed by atoms with Gasteiger partial charge in [-0.3, -0.25) is 0 Å². The Morgan fingerprint density at radius 2 is 1.67 bits per heavy atom. The highest BCUT2D eigenvalue weighted by atomic mass is 31.0. The molecule has 0 aliphatic carbocycles. The highest BCUT2D eigenvalue weighted by Crippen LogP contribution is 2.07. The monoisotopic (exact) mass is 190 g/mol. The summed E-state index contributed by atoms with van der Waals surface area (Å²) < 4.78 is 25.0. The number of benzene rings is 1. The van der Waals surface area contributed by atoms with Crippen molar-refractivity contribution >= 4 is 14.5 Å². The summed E-state index contributed by atoms with van der Waals surface area (Å²) in [5.41, 5.74) is 0.726. The van der Waals surface area contributed by atoms with Crippen molar-refractivity contribution < 1.29 is 8.78 Å². The molecule has 0 amide bonds. The largest absolute Gasteiger partial charge is 0.204 e. The zero-order valence-electron chi connectivity index (χ0n) is 7.49. The Bertz CT molecular complexity index is 236. The number of aryl methyl sites for hydroxylation is 1. The van der Waals surface area contributed by atoms with Crippen molar-refractivity contribution in [2.75, 3.05) is 0 Å². The Balaban J connectivity index is 0.000000561. The van der Waals surface area contributed by atoms with Crippen molar-refractivity contribution in [3.05, 3.63) is 29.3 Å². The second kappa shape index (κ2) is 5.21. The predicted molar refractivity (Wildman–Crippen MR) is 51.8 cm³/mol.